The molecule has 0 heterocycles. The lowest BCUT2D eigenvalue weighted by Crippen LogP contribution is -2.18. The van der Waals surface area contributed by atoms with Crippen molar-refractivity contribution in [1.82, 2.24) is 0 Å². The summed E-state index contributed by atoms with van der Waals surface area (Å²) in [5.74, 6) is -0.831. The van der Waals surface area contributed by atoms with Gasteiger partial charge in [0.05, 0.1) is 10.7 Å². The molecule has 0 radical (unpaired) electrons. The van der Waals surface area contributed by atoms with Gasteiger partial charge in [-0.05, 0) is 40.8 Å². The quantitative estimate of drug-likeness (QED) is 0.534. The number of ether oxygens (including phenoxy) is 2. The van der Waals surface area contributed by atoms with Crippen molar-refractivity contribution in [2.75, 3.05) is 18.5 Å². The maximum absolute atomic E-state index is 12.5. The van der Waals surface area contributed by atoms with Gasteiger partial charge in [-0.1, -0.05) is 60.1 Å². The minimum absolute atomic E-state index is 0.0545. The fourth-order valence-corrected chi connectivity index (χ4v) is 4.05. The smallest absolute Gasteiger partial charge is 0.411 e. The molecule has 0 aliphatic heterocycles. The molecule has 2 N–H and O–H groups in total. The predicted molar refractivity (Wildman–Crippen MR) is 118 cm³/mol. The standard InChI is InChI=1S/C24H20ClNO5/c1-14-10-20(25)21(11-22(14)30-13-23(27)28)26-24(29)31-12-19-17-8-4-2-6-15(17)16-7-3-5-9-18(16)19/h2-11,19H,12-13H2,1H3,(H,26,29)(H,27,28). The fourth-order valence-electron chi connectivity index (χ4n) is 3.79. The third-order valence-corrected chi connectivity index (χ3v) is 5.51. The van der Waals surface area contributed by atoms with E-state index in [0.29, 0.717) is 16.3 Å². The summed E-state index contributed by atoms with van der Waals surface area (Å²) in [4.78, 5) is 23.2. The van der Waals surface area contributed by atoms with E-state index in [2.05, 4.69) is 17.4 Å². The molecule has 0 aromatic heterocycles. The molecular weight excluding hydrogens is 418 g/mol. The number of hydrogen-bond acceptors (Lipinski definition) is 4. The van der Waals surface area contributed by atoms with Crippen molar-refractivity contribution in [3.63, 3.8) is 0 Å². The normalized spacial score (nSPS) is 12.1. The van der Waals surface area contributed by atoms with Gasteiger partial charge in [-0.15, -0.1) is 0 Å². The van der Waals surface area contributed by atoms with Crippen LogP contribution in [0.5, 0.6) is 5.75 Å². The van der Waals surface area contributed by atoms with Crippen LogP contribution < -0.4 is 10.1 Å². The van der Waals surface area contributed by atoms with Gasteiger partial charge >= 0.3 is 12.1 Å². The Morgan fingerprint density at radius 3 is 2.26 bits per heavy atom. The molecule has 6 nitrogen and oxygen atoms in total. The Morgan fingerprint density at radius 1 is 1.03 bits per heavy atom. The highest BCUT2D eigenvalue weighted by atomic mass is 35.5. The number of benzene rings is 3. The second kappa shape index (κ2) is 8.70. The first kappa shape index (κ1) is 20.8. The summed E-state index contributed by atoms with van der Waals surface area (Å²) in [7, 11) is 0. The van der Waals surface area contributed by atoms with Gasteiger partial charge in [0.15, 0.2) is 6.61 Å². The Labute approximate surface area is 184 Å². The molecule has 1 aliphatic rings. The first-order valence-electron chi connectivity index (χ1n) is 9.70. The Balaban J connectivity index is 1.47. The van der Waals surface area contributed by atoms with Gasteiger partial charge in [0.2, 0.25) is 0 Å². The van der Waals surface area contributed by atoms with Gasteiger partial charge in [0.25, 0.3) is 0 Å². The number of carboxylic acids is 1. The van der Waals surface area contributed by atoms with Crippen LogP contribution in [-0.2, 0) is 9.53 Å². The number of carbonyl (C=O) groups excluding carboxylic acids is 1. The zero-order valence-electron chi connectivity index (χ0n) is 16.7. The third-order valence-electron chi connectivity index (χ3n) is 5.20. The SMILES string of the molecule is Cc1cc(Cl)c(NC(=O)OCC2c3ccccc3-c3ccccc32)cc1OCC(=O)O. The molecule has 158 valence electrons. The molecule has 1 amide bonds. The Kier molecular flexibility index (Phi) is 5.82. The first-order valence-corrected chi connectivity index (χ1v) is 10.1. The molecule has 0 bridgehead atoms. The molecule has 1 aliphatic carbocycles. The number of rotatable bonds is 6. The molecule has 0 saturated heterocycles. The van der Waals surface area contributed by atoms with Gasteiger partial charge in [-0.25, -0.2) is 9.59 Å². The molecule has 3 aromatic carbocycles. The van der Waals surface area contributed by atoms with Crippen LogP contribution in [0.15, 0.2) is 60.7 Å². The number of halogens is 1. The van der Waals surface area contributed by atoms with Crippen LogP contribution in [-0.4, -0.2) is 30.4 Å². The lowest BCUT2D eigenvalue weighted by molar-refractivity contribution is -0.139. The molecule has 0 saturated carbocycles. The van der Waals surface area contributed by atoms with Crippen LogP contribution >= 0.6 is 11.6 Å². The van der Waals surface area contributed by atoms with Crippen LogP contribution in [0.25, 0.3) is 11.1 Å². The summed E-state index contributed by atoms with van der Waals surface area (Å²) in [6, 6.07) is 19.3. The van der Waals surface area contributed by atoms with E-state index < -0.39 is 18.7 Å². The maximum atomic E-state index is 12.5. The van der Waals surface area contributed by atoms with Crippen molar-refractivity contribution >= 4 is 29.4 Å². The zero-order chi connectivity index (χ0) is 22.0. The minimum atomic E-state index is -1.10. The molecule has 31 heavy (non-hydrogen) atoms. The van der Waals surface area contributed by atoms with Crippen LogP contribution in [0.3, 0.4) is 0 Å². The largest absolute Gasteiger partial charge is 0.482 e. The van der Waals surface area contributed by atoms with Crippen molar-refractivity contribution in [3.8, 4) is 16.9 Å². The minimum Gasteiger partial charge on any atom is -0.482 e. The van der Waals surface area contributed by atoms with Crippen molar-refractivity contribution in [2.24, 2.45) is 0 Å². The average molecular weight is 438 g/mol. The average Bonchev–Trinajstić information content (AvgIpc) is 3.07. The molecular formula is C24H20ClNO5. The maximum Gasteiger partial charge on any atom is 0.411 e. The van der Waals surface area contributed by atoms with Gasteiger partial charge in [-0.3, -0.25) is 5.32 Å². The van der Waals surface area contributed by atoms with Crippen molar-refractivity contribution < 1.29 is 24.2 Å². The summed E-state index contributed by atoms with van der Waals surface area (Å²) in [5, 5.41) is 11.7. The topological polar surface area (TPSA) is 84.9 Å². The van der Waals surface area contributed by atoms with E-state index in [-0.39, 0.29) is 18.2 Å². The number of anilines is 1. The highest BCUT2D eigenvalue weighted by molar-refractivity contribution is 6.33. The number of aryl methyl sites for hydroxylation is 1. The Hall–Kier alpha value is -3.51. The zero-order valence-corrected chi connectivity index (χ0v) is 17.5. The van der Waals surface area contributed by atoms with Gasteiger partial charge < -0.3 is 14.6 Å². The Morgan fingerprint density at radius 2 is 1.65 bits per heavy atom. The summed E-state index contributed by atoms with van der Waals surface area (Å²) < 4.78 is 10.8. The highest BCUT2D eigenvalue weighted by Gasteiger charge is 2.29. The van der Waals surface area contributed by atoms with Gasteiger partial charge in [0, 0.05) is 12.0 Å². The molecule has 0 fully saturated rings. The first-order chi connectivity index (χ1) is 14.9. The fraction of sp³-hybridized carbons (Fsp3) is 0.167. The molecule has 0 unspecified atom stereocenters. The van der Waals surface area contributed by atoms with E-state index in [1.807, 2.05) is 36.4 Å². The van der Waals surface area contributed by atoms with Crippen molar-refractivity contribution in [3.05, 3.63) is 82.4 Å². The molecule has 4 rings (SSSR count). The Bertz CT molecular complexity index is 1110. The summed E-state index contributed by atoms with van der Waals surface area (Å²) in [6.07, 6.45) is -0.656. The van der Waals surface area contributed by atoms with Crippen LogP contribution in [0, 0.1) is 6.92 Å². The number of fused-ring (bicyclic) bond motifs is 3. The second-order valence-electron chi connectivity index (χ2n) is 7.23. The summed E-state index contributed by atoms with van der Waals surface area (Å²) in [5.41, 5.74) is 5.47. The molecule has 0 spiro atoms. The molecule has 3 aromatic rings. The van der Waals surface area contributed by atoms with E-state index in [1.165, 1.54) is 6.07 Å². The van der Waals surface area contributed by atoms with Crippen molar-refractivity contribution in [1.29, 1.82) is 0 Å². The lowest BCUT2D eigenvalue weighted by atomic mass is 9.98. The van der Waals surface area contributed by atoms with E-state index >= 15 is 0 Å². The van der Waals surface area contributed by atoms with E-state index in [9.17, 15) is 9.59 Å². The number of amides is 1. The monoisotopic (exact) mass is 437 g/mol. The van der Waals surface area contributed by atoms with E-state index in [4.69, 9.17) is 26.2 Å². The summed E-state index contributed by atoms with van der Waals surface area (Å²) >= 11 is 6.23. The summed E-state index contributed by atoms with van der Waals surface area (Å²) in [6.45, 7) is 1.42. The number of carbonyl (C=O) groups is 2. The lowest BCUT2D eigenvalue weighted by Gasteiger charge is -2.16. The number of carboxylic acid groups (broad SMARTS) is 1. The van der Waals surface area contributed by atoms with Crippen LogP contribution in [0.4, 0.5) is 10.5 Å². The third kappa shape index (κ3) is 4.34. The van der Waals surface area contributed by atoms with Crippen LogP contribution in [0.2, 0.25) is 5.02 Å². The van der Waals surface area contributed by atoms with E-state index in [1.54, 1.807) is 13.0 Å². The number of nitrogens with one attached hydrogen (secondary N) is 1. The van der Waals surface area contributed by atoms with Crippen LogP contribution in [0.1, 0.15) is 22.6 Å². The molecule has 7 heteroatoms. The predicted octanol–water partition coefficient (Wildman–Crippen LogP) is 5.47. The van der Waals surface area contributed by atoms with Crippen molar-refractivity contribution in [2.45, 2.75) is 12.8 Å². The number of aliphatic carboxylic acids is 1. The molecule has 0 atom stereocenters. The van der Waals surface area contributed by atoms with Gasteiger partial charge in [0.1, 0.15) is 12.4 Å². The number of hydrogen-bond donors (Lipinski definition) is 2. The highest BCUT2D eigenvalue weighted by Crippen LogP contribution is 2.44. The van der Waals surface area contributed by atoms with Gasteiger partial charge in [-0.2, -0.15) is 0 Å². The second-order valence-corrected chi connectivity index (χ2v) is 7.64. The van der Waals surface area contributed by atoms with E-state index in [0.717, 1.165) is 22.3 Å².